The summed E-state index contributed by atoms with van der Waals surface area (Å²) in [5, 5.41) is 2.41. The van der Waals surface area contributed by atoms with E-state index in [-0.39, 0.29) is 18.9 Å². The first-order valence-corrected chi connectivity index (χ1v) is 7.44. The van der Waals surface area contributed by atoms with Crippen molar-refractivity contribution in [1.82, 2.24) is 10.2 Å². The van der Waals surface area contributed by atoms with Gasteiger partial charge in [-0.2, -0.15) is 0 Å². The zero-order valence-electron chi connectivity index (χ0n) is 13.3. The molecular weight excluding hydrogens is 308 g/mol. The van der Waals surface area contributed by atoms with E-state index in [4.69, 9.17) is 11.2 Å². The highest BCUT2D eigenvalue weighted by Crippen LogP contribution is 2.32. The number of nitrogens with zero attached hydrogens (tertiary/aromatic N) is 1. The number of fused-ring (bicyclic) bond motifs is 1. The lowest BCUT2D eigenvalue weighted by Gasteiger charge is -2.32. The number of rotatable bonds is 5. The van der Waals surface area contributed by atoms with Crippen LogP contribution in [0.5, 0.6) is 0 Å². The maximum absolute atomic E-state index is 12.1. The van der Waals surface area contributed by atoms with Crippen molar-refractivity contribution in [3.8, 4) is 12.3 Å². The summed E-state index contributed by atoms with van der Waals surface area (Å²) >= 11 is 0. The Balaban J connectivity index is 2.04. The van der Waals surface area contributed by atoms with E-state index in [1.165, 1.54) is 11.8 Å². The van der Waals surface area contributed by atoms with Crippen molar-refractivity contribution in [2.45, 2.75) is 19.4 Å². The van der Waals surface area contributed by atoms with Crippen molar-refractivity contribution in [3.63, 3.8) is 0 Å². The number of hydrogen-bond acceptors (Lipinski definition) is 4. The summed E-state index contributed by atoms with van der Waals surface area (Å²) in [5.74, 6) is 1.05. The fraction of sp³-hybridized carbons (Fsp3) is 0.278. The molecule has 0 aliphatic carbocycles. The molecule has 24 heavy (non-hydrogen) atoms. The molecule has 0 saturated carbocycles. The number of carbonyl (C=O) groups is 3. The lowest BCUT2D eigenvalue weighted by molar-refractivity contribution is -0.150. The molecule has 1 aromatic carbocycles. The van der Waals surface area contributed by atoms with Crippen molar-refractivity contribution in [3.05, 3.63) is 41.6 Å². The Hall–Kier alpha value is -3.07. The molecule has 0 aromatic heterocycles. The van der Waals surface area contributed by atoms with E-state index >= 15 is 0 Å². The van der Waals surface area contributed by atoms with Crippen molar-refractivity contribution in [2.24, 2.45) is 0 Å². The lowest BCUT2D eigenvalue weighted by Crippen LogP contribution is -2.33. The molecular formula is C18H18N2O4. The molecule has 1 aliphatic rings. The van der Waals surface area contributed by atoms with Gasteiger partial charge in [-0.1, -0.05) is 30.2 Å². The summed E-state index contributed by atoms with van der Waals surface area (Å²) in [6.45, 7) is 1.12. The maximum atomic E-state index is 12.1. The molecule has 0 unspecified atom stereocenters. The van der Waals surface area contributed by atoms with E-state index in [2.05, 4.69) is 11.2 Å². The zero-order valence-corrected chi connectivity index (χ0v) is 13.3. The van der Waals surface area contributed by atoms with Crippen LogP contribution < -0.4 is 5.32 Å². The van der Waals surface area contributed by atoms with E-state index in [9.17, 15) is 14.4 Å². The van der Waals surface area contributed by atoms with Gasteiger partial charge >= 0.3 is 5.97 Å². The van der Waals surface area contributed by atoms with Crippen LogP contribution in [0.2, 0.25) is 0 Å². The third-order valence-electron chi connectivity index (χ3n) is 3.58. The van der Waals surface area contributed by atoms with Crippen molar-refractivity contribution in [2.75, 3.05) is 13.2 Å². The number of terminal acetylenes is 1. The fourth-order valence-corrected chi connectivity index (χ4v) is 2.48. The SMILES string of the molecule is C#CCNC(=O)COC(=O)C[C@H]1c2ccccc2C=CN1C(C)=O. The Bertz CT molecular complexity index is 718. The van der Waals surface area contributed by atoms with Gasteiger partial charge in [0.2, 0.25) is 5.91 Å². The van der Waals surface area contributed by atoms with Gasteiger partial charge in [0.25, 0.3) is 5.91 Å². The molecule has 1 heterocycles. The molecule has 2 amide bonds. The molecule has 6 nitrogen and oxygen atoms in total. The molecule has 1 N–H and O–H groups in total. The first-order chi connectivity index (χ1) is 11.5. The lowest BCUT2D eigenvalue weighted by atomic mass is 9.94. The fourth-order valence-electron chi connectivity index (χ4n) is 2.48. The number of ether oxygens (including phenoxy) is 1. The summed E-state index contributed by atoms with van der Waals surface area (Å²) in [4.78, 5) is 36.8. The summed E-state index contributed by atoms with van der Waals surface area (Å²) < 4.78 is 4.97. The van der Waals surface area contributed by atoms with Crippen LogP contribution >= 0.6 is 0 Å². The van der Waals surface area contributed by atoms with E-state index in [1.807, 2.05) is 30.3 Å². The number of carbonyl (C=O) groups excluding carboxylic acids is 3. The predicted molar refractivity (Wildman–Crippen MR) is 88.2 cm³/mol. The van der Waals surface area contributed by atoms with Crippen LogP contribution in [0.3, 0.4) is 0 Å². The van der Waals surface area contributed by atoms with Crippen LogP contribution in [-0.2, 0) is 19.1 Å². The molecule has 0 bridgehead atoms. The number of nitrogens with one attached hydrogen (secondary N) is 1. The molecule has 124 valence electrons. The number of hydrogen-bond donors (Lipinski definition) is 1. The van der Waals surface area contributed by atoms with E-state index < -0.39 is 24.5 Å². The third-order valence-corrected chi connectivity index (χ3v) is 3.58. The van der Waals surface area contributed by atoms with Crippen LogP contribution in [0, 0.1) is 12.3 Å². The molecule has 0 spiro atoms. The van der Waals surface area contributed by atoms with Gasteiger partial charge in [0.1, 0.15) is 0 Å². The van der Waals surface area contributed by atoms with E-state index in [1.54, 1.807) is 6.20 Å². The molecule has 0 radical (unpaired) electrons. The Labute approximate surface area is 140 Å². The number of benzene rings is 1. The Morgan fingerprint density at radius 2 is 2.08 bits per heavy atom. The van der Waals surface area contributed by atoms with Gasteiger partial charge in [0, 0.05) is 13.1 Å². The van der Waals surface area contributed by atoms with Crippen LogP contribution in [0.4, 0.5) is 0 Å². The van der Waals surface area contributed by atoms with Gasteiger partial charge in [-0.05, 0) is 17.2 Å². The minimum absolute atomic E-state index is 0.0383. The van der Waals surface area contributed by atoms with Crippen LogP contribution in [0.1, 0.15) is 30.5 Å². The van der Waals surface area contributed by atoms with Gasteiger partial charge in [0.15, 0.2) is 6.61 Å². The largest absolute Gasteiger partial charge is 0.456 e. The minimum atomic E-state index is -0.563. The predicted octanol–water partition coefficient (Wildman–Crippen LogP) is 1.24. The second-order valence-corrected chi connectivity index (χ2v) is 5.23. The smallest absolute Gasteiger partial charge is 0.308 e. The van der Waals surface area contributed by atoms with Crippen LogP contribution in [-0.4, -0.2) is 35.8 Å². The highest BCUT2D eigenvalue weighted by atomic mass is 16.5. The average molecular weight is 326 g/mol. The first-order valence-electron chi connectivity index (χ1n) is 7.44. The maximum Gasteiger partial charge on any atom is 0.308 e. The molecule has 0 saturated heterocycles. The molecule has 1 aromatic rings. The summed E-state index contributed by atoms with van der Waals surface area (Å²) in [7, 11) is 0. The standard InChI is InChI=1S/C18H18N2O4/c1-3-9-19-17(22)12-24-18(23)11-16-15-7-5-4-6-14(15)8-10-20(16)13(2)21/h1,4-8,10,16H,9,11-12H2,2H3,(H,19,22)/t16-/m0/s1. The molecule has 6 heteroatoms. The summed E-state index contributed by atoms with van der Waals surface area (Å²) in [5.41, 5.74) is 1.81. The average Bonchev–Trinajstić information content (AvgIpc) is 2.58. The van der Waals surface area contributed by atoms with E-state index in [0.29, 0.717) is 0 Å². The molecule has 1 atom stereocenters. The highest BCUT2D eigenvalue weighted by molar-refractivity contribution is 5.82. The van der Waals surface area contributed by atoms with Gasteiger partial charge in [-0.15, -0.1) is 6.42 Å². The Morgan fingerprint density at radius 1 is 1.33 bits per heavy atom. The van der Waals surface area contributed by atoms with E-state index in [0.717, 1.165) is 11.1 Å². The minimum Gasteiger partial charge on any atom is -0.456 e. The van der Waals surface area contributed by atoms with Crippen LogP contribution in [0.15, 0.2) is 30.5 Å². The summed E-state index contributed by atoms with van der Waals surface area (Å²) in [6.07, 6.45) is 8.47. The van der Waals surface area contributed by atoms with Crippen molar-refractivity contribution >= 4 is 23.9 Å². The second kappa shape index (κ2) is 7.97. The van der Waals surface area contributed by atoms with Crippen molar-refractivity contribution < 1.29 is 19.1 Å². The number of amides is 2. The van der Waals surface area contributed by atoms with Crippen molar-refractivity contribution in [1.29, 1.82) is 0 Å². The van der Waals surface area contributed by atoms with Crippen LogP contribution in [0.25, 0.3) is 6.08 Å². The quantitative estimate of drug-likeness (QED) is 0.652. The monoisotopic (exact) mass is 326 g/mol. The topological polar surface area (TPSA) is 75.7 Å². The second-order valence-electron chi connectivity index (χ2n) is 5.23. The highest BCUT2D eigenvalue weighted by Gasteiger charge is 2.28. The first kappa shape index (κ1) is 17.3. The summed E-state index contributed by atoms with van der Waals surface area (Å²) in [6, 6.07) is 7.06. The van der Waals surface area contributed by atoms with Gasteiger partial charge in [-0.3, -0.25) is 14.4 Å². The molecule has 1 aliphatic heterocycles. The zero-order chi connectivity index (χ0) is 17.5. The normalized spacial score (nSPS) is 15.2. The number of esters is 1. The Morgan fingerprint density at radius 3 is 2.79 bits per heavy atom. The van der Waals surface area contributed by atoms with Gasteiger partial charge < -0.3 is 15.0 Å². The van der Waals surface area contributed by atoms with Gasteiger partial charge in [0.05, 0.1) is 19.0 Å². The van der Waals surface area contributed by atoms with Gasteiger partial charge in [-0.25, -0.2) is 0 Å². The Kier molecular flexibility index (Phi) is 5.74. The third kappa shape index (κ3) is 4.23. The molecule has 0 fully saturated rings. The molecule has 2 rings (SSSR count).